The average Bonchev–Trinajstić information content (AvgIpc) is 2.41. The fourth-order valence-electron chi connectivity index (χ4n) is 2.52. The molecule has 0 spiro atoms. The van der Waals surface area contributed by atoms with Gasteiger partial charge in [-0.25, -0.2) is 0 Å². The monoisotopic (exact) mass is 309 g/mol. The lowest BCUT2D eigenvalue weighted by Gasteiger charge is -2.23. The van der Waals surface area contributed by atoms with Crippen LogP contribution in [0.5, 0.6) is 5.75 Å². The number of hydrogen-bond acceptors (Lipinski definition) is 4. The number of aliphatic hydroxyl groups excluding tert-OH is 2. The molecule has 0 heterocycles. The highest BCUT2D eigenvalue weighted by atomic mass is 16.3. The molecule has 0 bridgehead atoms. The lowest BCUT2D eigenvalue weighted by molar-refractivity contribution is 0.164. The SMILES string of the molecule is Cc1cc(CC(O)CCNCCCO)cc(C(C)(C)C)c1O. The lowest BCUT2D eigenvalue weighted by Crippen LogP contribution is -2.23. The summed E-state index contributed by atoms with van der Waals surface area (Å²) in [7, 11) is 0. The molecule has 0 aliphatic rings. The quantitative estimate of drug-likeness (QED) is 0.556. The summed E-state index contributed by atoms with van der Waals surface area (Å²) in [5, 5.41) is 32.3. The van der Waals surface area contributed by atoms with Crippen molar-refractivity contribution in [1.29, 1.82) is 0 Å². The van der Waals surface area contributed by atoms with E-state index in [1.165, 1.54) is 0 Å². The Morgan fingerprint density at radius 2 is 1.86 bits per heavy atom. The van der Waals surface area contributed by atoms with Crippen LogP contribution in [0.3, 0.4) is 0 Å². The summed E-state index contributed by atoms with van der Waals surface area (Å²) in [5.74, 6) is 0.358. The molecule has 4 N–H and O–H groups in total. The van der Waals surface area contributed by atoms with Crippen LogP contribution in [-0.4, -0.2) is 41.1 Å². The Balaban J connectivity index is 2.64. The molecule has 0 aromatic heterocycles. The van der Waals surface area contributed by atoms with Gasteiger partial charge in [0.25, 0.3) is 0 Å². The van der Waals surface area contributed by atoms with Crippen molar-refractivity contribution in [1.82, 2.24) is 5.32 Å². The summed E-state index contributed by atoms with van der Waals surface area (Å²) >= 11 is 0. The molecular weight excluding hydrogens is 278 g/mol. The normalized spacial score (nSPS) is 13.4. The van der Waals surface area contributed by atoms with Gasteiger partial charge in [-0.15, -0.1) is 0 Å². The van der Waals surface area contributed by atoms with Crippen molar-refractivity contribution < 1.29 is 15.3 Å². The van der Waals surface area contributed by atoms with E-state index < -0.39 is 6.10 Å². The van der Waals surface area contributed by atoms with E-state index in [0.29, 0.717) is 18.6 Å². The second-order valence-electron chi connectivity index (χ2n) is 7.03. The molecule has 4 nitrogen and oxygen atoms in total. The van der Waals surface area contributed by atoms with Crippen LogP contribution in [0.1, 0.15) is 50.3 Å². The predicted molar refractivity (Wildman–Crippen MR) is 90.4 cm³/mol. The summed E-state index contributed by atoms with van der Waals surface area (Å²) in [6, 6.07) is 3.96. The van der Waals surface area contributed by atoms with E-state index in [1.54, 1.807) is 0 Å². The van der Waals surface area contributed by atoms with Crippen molar-refractivity contribution in [3.63, 3.8) is 0 Å². The molecule has 4 heteroatoms. The Morgan fingerprint density at radius 1 is 1.18 bits per heavy atom. The molecule has 0 saturated heterocycles. The summed E-state index contributed by atoms with van der Waals surface area (Å²) in [5.41, 5.74) is 2.72. The third-order valence-corrected chi connectivity index (χ3v) is 3.81. The van der Waals surface area contributed by atoms with Gasteiger partial charge in [0.15, 0.2) is 0 Å². The number of rotatable bonds is 8. The molecule has 1 unspecified atom stereocenters. The fraction of sp³-hybridized carbons (Fsp3) is 0.667. The Morgan fingerprint density at radius 3 is 2.45 bits per heavy atom. The molecule has 1 aromatic rings. The summed E-state index contributed by atoms with van der Waals surface area (Å²) < 4.78 is 0. The van der Waals surface area contributed by atoms with Gasteiger partial charge in [0.2, 0.25) is 0 Å². The van der Waals surface area contributed by atoms with Crippen molar-refractivity contribution in [2.24, 2.45) is 0 Å². The maximum atomic E-state index is 10.2. The van der Waals surface area contributed by atoms with Crippen LogP contribution in [0.2, 0.25) is 0 Å². The first kappa shape index (κ1) is 18.9. The Hall–Kier alpha value is -1.10. The fourth-order valence-corrected chi connectivity index (χ4v) is 2.52. The van der Waals surface area contributed by atoms with Crippen LogP contribution in [-0.2, 0) is 11.8 Å². The highest BCUT2D eigenvalue weighted by Crippen LogP contribution is 2.34. The number of phenolic OH excluding ortho intramolecular Hbond substituents is 1. The van der Waals surface area contributed by atoms with Crippen LogP contribution >= 0.6 is 0 Å². The zero-order valence-electron chi connectivity index (χ0n) is 14.3. The molecule has 0 aliphatic heterocycles. The van der Waals surface area contributed by atoms with Crippen molar-refractivity contribution in [3.05, 3.63) is 28.8 Å². The highest BCUT2D eigenvalue weighted by Gasteiger charge is 2.20. The van der Waals surface area contributed by atoms with Crippen LogP contribution < -0.4 is 5.32 Å². The maximum absolute atomic E-state index is 10.2. The first-order valence-electron chi connectivity index (χ1n) is 8.08. The van der Waals surface area contributed by atoms with E-state index in [0.717, 1.165) is 36.2 Å². The molecule has 1 atom stereocenters. The first-order valence-corrected chi connectivity index (χ1v) is 8.08. The van der Waals surface area contributed by atoms with E-state index in [4.69, 9.17) is 5.11 Å². The third-order valence-electron chi connectivity index (χ3n) is 3.81. The molecule has 126 valence electrons. The Labute approximate surface area is 134 Å². The minimum Gasteiger partial charge on any atom is -0.507 e. The van der Waals surface area contributed by atoms with E-state index in [-0.39, 0.29) is 12.0 Å². The second-order valence-corrected chi connectivity index (χ2v) is 7.03. The van der Waals surface area contributed by atoms with Crippen LogP contribution in [0, 0.1) is 6.92 Å². The van der Waals surface area contributed by atoms with Gasteiger partial charge in [-0.05, 0) is 61.4 Å². The Kier molecular flexibility index (Phi) is 7.33. The molecule has 1 aromatic carbocycles. The largest absolute Gasteiger partial charge is 0.507 e. The van der Waals surface area contributed by atoms with E-state index in [2.05, 4.69) is 26.1 Å². The van der Waals surface area contributed by atoms with E-state index >= 15 is 0 Å². The van der Waals surface area contributed by atoms with E-state index in [1.807, 2.05) is 19.1 Å². The molecule has 0 saturated carbocycles. The topological polar surface area (TPSA) is 72.7 Å². The first-order chi connectivity index (χ1) is 10.3. The van der Waals surface area contributed by atoms with Gasteiger partial charge in [0.05, 0.1) is 6.10 Å². The number of phenols is 1. The van der Waals surface area contributed by atoms with Gasteiger partial charge in [-0.1, -0.05) is 32.9 Å². The number of aryl methyl sites for hydroxylation is 1. The number of aromatic hydroxyl groups is 1. The molecule has 22 heavy (non-hydrogen) atoms. The van der Waals surface area contributed by atoms with Gasteiger partial charge >= 0.3 is 0 Å². The third kappa shape index (κ3) is 5.95. The molecular formula is C18H31NO3. The van der Waals surface area contributed by atoms with Crippen molar-refractivity contribution in [2.75, 3.05) is 19.7 Å². The number of aliphatic hydroxyl groups is 2. The van der Waals surface area contributed by atoms with Crippen molar-refractivity contribution >= 4 is 0 Å². The van der Waals surface area contributed by atoms with Gasteiger partial charge < -0.3 is 20.6 Å². The van der Waals surface area contributed by atoms with Gasteiger partial charge in [-0.3, -0.25) is 0 Å². The van der Waals surface area contributed by atoms with E-state index in [9.17, 15) is 10.2 Å². The van der Waals surface area contributed by atoms with Crippen LogP contribution in [0.4, 0.5) is 0 Å². The summed E-state index contributed by atoms with van der Waals surface area (Å²) in [6.07, 6.45) is 1.60. The van der Waals surface area contributed by atoms with Crippen LogP contribution in [0.15, 0.2) is 12.1 Å². The van der Waals surface area contributed by atoms with Crippen molar-refractivity contribution in [2.45, 2.75) is 58.5 Å². The van der Waals surface area contributed by atoms with Gasteiger partial charge in [-0.2, -0.15) is 0 Å². The zero-order chi connectivity index (χ0) is 16.8. The molecule has 0 fully saturated rings. The van der Waals surface area contributed by atoms with Crippen molar-refractivity contribution in [3.8, 4) is 5.75 Å². The predicted octanol–water partition coefficient (Wildman–Crippen LogP) is 2.26. The lowest BCUT2D eigenvalue weighted by atomic mass is 9.83. The summed E-state index contributed by atoms with van der Waals surface area (Å²) in [6.45, 7) is 9.83. The zero-order valence-corrected chi connectivity index (χ0v) is 14.3. The minimum atomic E-state index is -0.404. The highest BCUT2D eigenvalue weighted by molar-refractivity contribution is 5.46. The number of hydrogen-bond donors (Lipinski definition) is 4. The van der Waals surface area contributed by atoms with Gasteiger partial charge in [0, 0.05) is 6.61 Å². The number of benzene rings is 1. The average molecular weight is 309 g/mol. The van der Waals surface area contributed by atoms with Crippen LogP contribution in [0.25, 0.3) is 0 Å². The maximum Gasteiger partial charge on any atom is 0.122 e. The standard InChI is InChI=1S/C18H31NO3/c1-13-10-14(12-16(17(13)22)18(2,3)4)11-15(21)6-8-19-7-5-9-20/h10,12,15,19-22H,5-9,11H2,1-4H3. The summed E-state index contributed by atoms with van der Waals surface area (Å²) in [4.78, 5) is 0. The second kappa shape index (κ2) is 8.51. The van der Waals surface area contributed by atoms with Gasteiger partial charge in [0.1, 0.15) is 5.75 Å². The molecule has 0 radical (unpaired) electrons. The smallest absolute Gasteiger partial charge is 0.122 e. The minimum absolute atomic E-state index is 0.123. The molecule has 1 rings (SSSR count). The number of nitrogens with one attached hydrogen (secondary N) is 1. The molecule has 0 amide bonds. The molecule has 0 aliphatic carbocycles. The Bertz CT molecular complexity index is 466.